The summed E-state index contributed by atoms with van der Waals surface area (Å²) in [5.41, 5.74) is 8.85. The summed E-state index contributed by atoms with van der Waals surface area (Å²) in [6, 6.07) is 10.1. The van der Waals surface area contributed by atoms with Crippen molar-refractivity contribution in [1.82, 2.24) is 9.97 Å². The number of benzene rings is 1. The van der Waals surface area contributed by atoms with Crippen LogP contribution >= 0.6 is 0 Å². The van der Waals surface area contributed by atoms with Gasteiger partial charge in [-0.3, -0.25) is 0 Å². The van der Waals surface area contributed by atoms with Gasteiger partial charge in [0.15, 0.2) is 0 Å². The molecule has 2 aromatic rings. The van der Waals surface area contributed by atoms with Crippen LogP contribution in [0.15, 0.2) is 30.3 Å². The predicted molar refractivity (Wildman–Crippen MR) is 83.7 cm³/mol. The number of hydrogen-bond acceptors (Lipinski definition) is 4. The Hall–Kier alpha value is -2.10. The van der Waals surface area contributed by atoms with Gasteiger partial charge in [-0.15, -0.1) is 0 Å². The lowest BCUT2D eigenvalue weighted by Crippen LogP contribution is -2.25. The smallest absolute Gasteiger partial charge is 0.132 e. The van der Waals surface area contributed by atoms with Gasteiger partial charge in [0.05, 0.1) is 0 Å². The van der Waals surface area contributed by atoms with E-state index >= 15 is 0 Å². The molecule has 20 heavy (non-hydrogen) atoms. The van der Waals surface area contributed by atoms with Gasteiger partial charge < -0.3 is 10.6 Å². The minimum Gasteiger partial charge on any atom is -0.399 e. The second-order valence-electron chi connectivity index (χ2n) is 5.08. The summed E-state index contributed by atoms with van der Waals surface area (Å²) in [4.78, 5) is 11.2. The minimum atomic E-state index is 0.800. The Morgan fingerprint density at radius 2 is 1.95 bits per heavy atom. The molecule has 0 spiro atoms. The Morgan fingerprint density at radius 3 is 2.60 bits per heavy atom. The lowest BCUT2D eigenvalue weighted by molar-refractivity contribution is 0.748. The van der Waals surface area contributed by atoms with Crippen molar-refractivity contribution >= 4 is 11.5 Å². The lowest BCUT2D eigenvalue weighted by Gasteiger charge is -2.24. The highest BCUT2D eigenvalue weighted by Gasteiger charge is 2.10. The van der Waals surface area contributed by atoms with Crippen molar-refractivity contribution in [3.8, 4) is 0 Å². The van der Waals surface area contributed by atoms with Crippen molar-refractivity contribution in [3.05, 3.63) is 47.4 Å². The largest absolute Gasteiger partial charge is 0.399 e. The molecule has 4 heteroatoms. The molecule has 0 aliphatic carbocycles. The van der Waals surface area contributed by atoms with Gasteiger partial charge in [-0.25, -0.2) is 9.97 Å². The Bertz CT molecular complexity index is 560. The maximum Gasteiger partial charge on any atom is 0.132 e. The number of aromatic nitrogens is 2. The molecule has 2 rings (SSSR count). The fraction of sp³-hybridized carbons (Fsp3) is 0.375. The van der Waals surface area contributed by atoms with Crippen molar-refractivity contribution in [1.29, 1.82) is 0 Å². The van der Waals surface area contributed by atoms with Gasteiger partial charge in [-0.1, -0.05) is 19.1 Å². The third kappa shape index (κ3) is 3.70. The standard InChI is InChI=1S/C16H22N4/c1-4-8-20(11-14-6-5-7-15(17)10-14)16-9-12(2)18-13(3)19-16/h5-7,9-10H,4,8,11,17H2,1-3H3. The third-order valence-electron chi connectivity index (χ3n) is 3.09. The van der Waals surface area contributed by atoms with Crippen LogP contribution in [0.5, 0.6) is 0 Å². The van der Waals surface area contributed by atoms with E-state index in [1.54, 1.807) is 0 Å². The summed E-state index contributed by atoms with van der Waals surface area (Å²) < 4.78 is 0. The molecule has 0 radical (unpaired) electrons. The van der Waals surface area contributed by atoms with Crippen molar-refractivity contribution in [2.24, 2.45) is 0 Å². The number of anilines is 2. The molecule has 1 aromatic heterocycles. The first-order valence-electron chi connectivity index (χ1n) is 7.00. The van der Waals surface area contributed by atoms with Crippen LogP contribution in [-0.2, 0) is 6.54 Å². The molecule has 0 fully saturated rings. The van der Waals surface area contributed by atoms with Crippen LogP contribution in [0.2, 0.25) is 0 Å². The number of nitrogens with two attached hydrogens (primary N) is 1. The Labute approximate surface area is 120 Å². The van der Waals surface area contributed by atoms with E-state index in [9.17, 15) is 0 Å². The summed E-state index contributed by atoms with van der Waals surface area (Å²) >= 11 is 0. The normalized spacial score (nSPS) is 10.6. The zero-order valence-corrected chi connectivity index (χ0v) is 12.4. The number of rotatable bonds is 5. The average Bonchev–Trinajstić information content (AvgIpc) is 2.37. The summed E-state index contributed by atoms with van der Waals surface area (Å²) in [5.74, 6) is 1.80. The first-order valence-corrected chi connectivity index (χ1v) is 7.00. The third-order valence-corrected chi connectivity index (χ3v) is 3.09. The molecule has 106 valence electrons. The number of nitrogen functional groups attached to an aromatic ring is 1. The quantitative estimate of drug-likeness (QED) is 0.848. The van der Waals surface area contributed by atoms with E-state index in [0.717, 1.165) is 42.5 Å². The van der Waals surface area contributed by atoms with Gasteiger partial charge >= 0.3 is 0 Å². The zero-order chi connectivity index (χ0) is 14.5. The SMILES string of the molecule is CCCN(Cc1cccc(N)c1)c1cc(C)nc(C)n1. The summed E-state index contributed by atoms with van der Waals surface area (Å²) in [5, 5.41) is 0. The highest BCUT2D eigenvalue weighted by atomic mass is 15.2. The minimum absolute atomic E-state index is 0.800. The van der Waals surface area contributed by atoms with E-state index < -0.39 is 0 Å². The molecule has 0 unspecified atom stereocenters. The first-order chi connectivity index (χ1) is 9.58. The van der Waals surface area contributed by atoms with E-state index in [-0.39, 0.29) is 0 Å². The molecule has 0 bridgehead atoms. The maximum atomic E-state index is 5.85. The molecule has 1 heterocycles. The molecule has 1 aromatic carbocycles. The van der Waals surface area contributed by atoms with Gasteiger partial charge in [0.2, 0.25) is 0 Å². The molecular formula is C16H22N4. The molecule has 0 amide bonds. The van der Waals surface area contributed by atoms with Gasteiger partial charge in [0, 0.05) is 30.5 Å². The van der Waals surface area contributed by atoms with E-state index in [0.29, 0.717) is 0 Å². The zero-order valence-electron chi connectivity index (χ0n) is 12.4. The molecule has 0 aliphatic heterocycles. The van der Waals surface area contributed by atoms with Crippen LogP contribution < -0.4 is 10.6 Å². The van der Waals surface area contributed by atoms with Gasteiger partial charge in [0.25, 0.3) is 0 Å². The predicted octanol–water partition coefficient (Wildman–Crippen LogP) is 3.09. The highest BCUT2D eigenvalue weighted by Crippen LogP contribution is 2.17. The molecule has 0 aliphatic rings. The van der Waals surface area contributed by atoms with Crippen molar-refractivity contribution in [3.63, 3.8) is 0 Å². The molecule has 0 atom stereocenters. The fourth-order valence-electron chi connectivity index (χ4n) is 2.32. The maximum absolute atomic E-state index is 5.85. The van der Waals surface area contributed by atoms with Crippen LogP contribution in [0.25, 0.3) is 0 Å². The molecule has 0 saturated carbocycles. The number of aryl methyl sites for hydroxylation is 2. The first kappa shape index (κ1) is 14.3. The Kier molecular flexibility index (Phi) is 4.56. The monoisotopic (exact) mass is 270 g/mol. The van der Waals surface area contributed by atoms with E-state index in [1.165, 1.54) is 5.56 Å². The van der Waals surface area contributed by atoms with Crippen molar-refractivity contribution < 1.29 is 0 Å². The Balaban J connectivity index is 2.26. The van der Waals surface area contributed by atoms with Crippen LogP contribution in [-0.4, -0.2) is 16.5 Å². The molecule has 2 N–H and O–H groups in total. The lowest BCUT2D eigenvalue weighted by atomic mass is 10.2. The second kappa shape index (κ2) is 6.37. The molecule has 4 nitrogen and oxygen atoms in total. The van der Waals surface area contributed by atoms with Crippen molar-refractivity contribution in [2.45, 2.75) is 33.7 Å². The van der Waals surface area contributed by atoms with E-state index in [4.69, 9.17) is 5.73 Å². The van der Waals surface area contributed by atoms with Crippen LogP contribution in [0, 0.1) is 13.8 Å². The fourth-order valence-corrected chi connectivity index (χ4v) is 2.32. The summed E-state index contributed by atoms with van der Waals surface area (Å²) in [6.07, 6.45) is 1.07. The highest BCUT2D eigenvalue weighted by molar-refractivity contribution is 5.44. The molecular weight excluding hydrogens is 248 g/mol. The average molecular weight is 270 g/mol. The Morgan fingerprint density at radius 1 is 1.15 bits per heavy atom. The summed E-state index contributed by atoms with van der Waals surface area (Å²) in [6.45, 7) is 7.89. The van der Waals surface area contributed by atoms with Crippen LogP contribution in [0.1, 0.15) is 30.4 Å². The number of hydrogen-bond donors (Lipinski definition) is 1. The molecule has 0 saturated heterocycles. The van der Waals surface area contributed by atoms with Gasteiger partial charge in [-0.2, -0.15) is 0 Å². The van der Waals surface area contributed by atoms with Crippen molar-refractivity contribution in [2.75, 3.05) is 17.2 Å². The second-order valence-corrected chi connectivity index (χ2v) is 5.08. The number of nitrogens with zero attached hydrogens (tertiary/aromatic N) is 3. The topological polar surface area (TPSA) is 55.0 Å². The van der Waals surface area contributed by atoms with Crippen LogP contribution in [0.3, 0.4) is 0 Å². The van der Waals surface area contributed by atoms with Crippen LogP contribution in [0.4, 0.5) is 11.5 Å². The summed E-state index contributed by atoms with van der Waals surface area (Å²) in [7, 11) is 0. The van der Waals surface area contributed by atoms with E-state index in [2.05, 4.69) is 27.9 Å². The van der Waals surface area contributed by atoms with E-state index in [1.807, 2.05) is 38.1 Å². The van der Waals surface area contributed by atoms with Gasteiger partial charge in [0.1, 0.15) is 11.6 Å². The van der Waals surface area contributed by atoms with Gasteiger partial charge in [-0.05, 0) is 38.0 Å².